The Morgan fingerprint density at radius 1 is 0.923 bits per heavy atom. The summed E-state index contributed by atoms with van der Waals surface area (Å²) in [7, 11) is 0. The number of ether oxygens (including phenoxy) is 2. The van der Waals surface area contributed by atoms with Crippen LogP contribution in [0.2, 0.25) is 0 Å². The van der Waals surface area contributed by atoms with Crippen LogP contribution in [0, 0.1) is 0 Å². The van der Waals surface area contributed by atoms with E-state index in [0.717, 1.165) is 39.1 Å². The zero-order chi connectivity index (χ0) is 27.8. The van der Waals surface area contributed by atoms with Gasteiger partial charge in [-0.3, -0.25) is 4.79 Å². The molecule has 0 bridgehead atoms. The van der Waals surface area contributed by atoms with Gasteiger partial charge in [-0.15, -0.1) is 0 Å². The zero-order valence-corrected chi connectivity index (χ0v) is 24.1. The normalized spacial score (nSPS) is 19.6. The average Bonchev–Trinajstić information content (AvgIpc) is 2.95. The largest absolute Gasteiger partial charge is 0.396 e. The van der Waals surface area contributed by atoms with Crippen LogP contribution in [0.1, 0.15) is 41.1 Å². The van der Waals surface area contributed by atoms with Crippen LogP contribution in [0.15, 0.2) is 72.8 Å². The topological polar surface area (TPSA) is 88.0 Å². The van der Waals surface area contributed by atoms with Crippen molar-refractivity contribution in [2.24, 2.45) is 0 Å². The molecule has 10 heteroatoms. The van der Waals surface area contributed by atoms with E-state index in [0.29, 0.717) is 12.2 Å². The van der Waals surface area contributed by atoms with Crippen LogP contribution in [-0.2, 0) is 27.4 Å². The van der Waals surface area contributed by atoms with Gasteiger partial charge in [0.15, 0.2) is 6.29 Å². The van der Waals surface area contributed by atoms with Crippen molar-refractivity contribution in [2.45, 2.75) is 41.9 Å². The summed E-state index contributed by atoms with van der Waals surface area (Å²) in [5, 5.41) is 21.2. The maximum atomic E-state index is 11.9. The van der Waals surface area contributed by atoms with Gasteiger partial charge in [-0.2, -0.15) is 11.8 Å². The zero-order valence-electron chi connectivity index (χ0n) is 21.1. The van der Waals surface area contributed by atoms with Crippen LogP contribution < -0.4 is 5.32 Å². The maximum Gasteiger partial charge on any atom is 0.272 e. The number of benzene rings is 3. The molecule has 3 atom stereocenters. The van der Waals surface area contributed by atoms with Gasteiger partial charge >= 0.3 is 0 Å². The molecule has 39 heavy (non-hydrogen) atoms. The first kappa shape index (κ1) is 30.2. The summed E-state index contributed by atoms with van der Waals surface area (Å²) in [4.78, 5) is 11.9. The van der Waals surface area contributed by atoms with Crippen LogP contribution in [0.5, 0.6) is 0 Å². The maximum absolute atomic E-state index is 11.9. The summed E-state index contributed by atoms with van der Waals surface area (Å²) in [6, 6.07) is 23.5. The molecule has 1 saturated heterocycles. The molecule has 3 aromatic carbocycles. The Morgan fingerprint density at radius 2 is 1.64 bits per heavy atom. The summed E-state index contributed by atoms with van der Waals surface area (Å²) in [6.07, 6.45) is -0.122. The fourth-order valence-electron chi connectivity index (χ4n) is 4.31. The van der Waals surface area contributed by atoms with Crippen molar-refractivity contribution in [1.82, 2.24) is 5.32 Å². The van der Waals surface area contributed by atoms with Gasteiger partial charge in [-0.05, 0) is 39.9 Å². The van der Waals surface area contributed by atoms with E-state index in [1.54, 1.807) is 11.8 Å². The Kier molecular flexibility index (Phi) is 11.0. The van der Waals surface area contributed by atoms with E-state index >= 15 is 0 Å². The van der Waals surface area contributed by atoms with Crippen molar-refractivity contribution in [3.63, 3.8) is 0 Å². The minimum atomic E-state index is -2.01. The Bertz CT molecular complexity index is 1240. The van der Waals surface area contributed by atoms with Crippen molar-refractivity contribution in [2.75, 3.05) is 18.1 Å². The third kappa shape index (κ3) is 8.59. The average molecular weight is 611 g/mol. The van der Waals surface area contributed by atoms with E-state index in [-0.39, 0.29) is 32.0 Å². The first-order chi connectivity index (χ1) is 18.8. The molecule has 4 rings (SSSR count). The fourth-order valence-corrected chi connectivity index (χ4v) is 5.28. The lowest BCUT2D eigenvalue weighted by atomic mass is 9.99. The number of hydrogen-bond donors (Lipinski definition) is 3. The highest BCUT2D eigenvalue weighted by atomic mass is 35.6. The predicted molar refractivity (Wildman–Crippen MR) is 157 cm³/mol. The van der Waals surface area contributed by atoms with Crippen LogP contribution in [0.3, 0.4) is 0 Å². The van der Waals surface area contributed by atoms with Gasteiger partial charge in [-0.1, -0.05) is 95.5 Å². The number of thioether (sulfide) groups is 1. The highest BCUT2D eigenvalue weighted by Crippen LogP contribution is 2.39. The van der Waals surface area contributed by atoms with E-state index < -0.39 is 16.0 Å². The second-order valence-electron chi connectivity index (χ2n) is 9.15. The summed E-state index contributed by atoms with van der Waals surface area (Å²) in [5.74, 6) is 0.710. The van der Waals surface area contributed by atoms with Crippen LogP contribution in [0.25, 0.3) is 11.1 Å². The molecule has 0 aliphatic carbocycles. The molecular weight excluding hydrogens is 581 g/mol. The van der Waals surface area contributed by atoms with E-state index in [2.05, 4.69) is 5.32 Å². The smallest absolute Gasteiger partial charge is 0.272 e. The summed E-state index contributed by atoms with van der Waals surface area (Å²) in [6.45, 7) is 0.336. The first-order valence-electron chi connectivity index (χ1n) is 12.5. The molecule has 3 unspecified atom stereocenters. The summed E-state index contributed by atoms with van der Waals surface area (Å²) >= 11 is 18.6. The second-order valence-corrected chi connectivity index (χ2v) is 12.6. The molecule has 3 N–H and O–H groups in total. The Balaban J connectivity index is 1.53. The summed E-state index contributed by atoms with van der Waals surface area (Å²) in [5.41, 5.74) is 5.54. The van der Waals surface area contributed by atoms with Crippen LogP contribution in [-0.4, -0.2) is 44.1 Å². The molecule has 1 amide bonds. The highest BCUT2D eigenvalue weighted by molar-refractivity contribution is 7.99. The first-order valence-corrected chi connectivity index (χ1v) is 14.8. The quantitative estimate of drug-likeness (QED) is 0.190. The molecule has 1 aliphatic heterocycles. The number of carbonyl (C=O) groups is 1. The van der Waals surface area contributed by atoms with Gasteiger partial charge in [0.25, 0.3) is 9.70 Å². The number of hydrogen-bond acceptors (Lipinski definition) is 6. The second kappa shape index (κ2) is 14.2. The van der Waals surface area contributed by atoms with E-state index in [1.807, 2.05) is 72.8 Å². The lowest BCUT2D eigenvalue weighted by Gasteiger charge is -2.36. The Labute approximate surface area is 247 Å². The third-order valence-electron chi connectivity index (χ3n) is 6.28. The van der Waals surface area contributed by atoms with Gasteiger partial charge in [0, 0.05) is 30.0 Å². The number of alkyl halides is 3. The Morgan fingerprint density at radius 3 is 2.33 bits per heavy atom. The minimum Gasteiger partial charge on any atom is -0.396 e. The number of nitrogens with one attached hydrogen (secondary N) is 1. The number of amides is 1. The third-order valence-corrected chi connectivity index (χ3v) is 7.88. The molecule has 1 heterocycles. The van der Waals surface area contributed by atoms with Crippen molar-refractivity contribution < 1.29 is 24.5 Å². The molecule has 0 aromatic heterocycles. The molecule has 6 nitrogen and oxygen atoms in total. The van der Waals surface area contributed by atoms with Crippen LogP contribution in [0.4, 0.5) is 0 Å². The lowest BCUT2D eigenvalue weighted by Crippen LogP contribution is -2.33. The molecule has 1 fully saturated rings. The molecule has 1 aliphatic rings. The molecule has 0 radical (unpaired) electrons. The van der Waals surface area contributed by atoms with Crippen molar-refractivity contribution in [1.29, 1.82) is 0 Å². The predicted octanol–water partition coefficient (Wildman–Crippen LogP) is 6.10. The number of halogens is 3. The Hall–Kier alpha value is -1.81. The van der Waals surface area contributed by atoms with Crippen molar-refractivity contribution >= 4 is 52.5 Å². The monoisotopic (exact) mass is 609 g/mol. The van der Waals surface area contributed by atoms with Crippen molar-refractivity contribution in [3.05, 3.63) is 95.1 Å². The number of rotatable bonds is 10. The van der Waals surface area contributed by atoms with E-state index in [9.17, 15) is 15.0 Å². The molecule has 0 saturated carbocycles. The number of aliphatic hydroxyl groups is 2. The minimum absolute atomic E-state index is 0.00870. The molecular formula is C29H30Cl3NO5S. The number of aliphatic hydroxyl groups excluding tert-OH is 2. The highest BCUT2D eigenvalue weighted by Gasteiger charge is 2.32. The van der Waals surface area contributed by atoms with Gasteiger partial charge in [-0.25, -0.2) is 0 Å². The molecule has 208 valence electrons. The fraction of sp³-hybridized carbons (Fsp3) is 0.345. The van der Waals surface area contributed by atoms with Gasteiger partial charge < -0.3 is 25.0 Å². The summed E-state index contributed by atoms with van der Waals surface area (Å²) < 4.78 is 10.8. The van der Waals surface area contributed by atoms with Gasteiger partial charge in [0.2, 0.25) is 0 Å². The SMILES string of the molecule is O=C(NCc1cccc(-c2cccc(C3OC(CSCCO)CC(c4ccc(CO)cc4)O3)c2)c1)C(Cl)(Cl)Cl. The molecule has 3 aromatic rings. The van der Waals surface area contributed by atoms with Gasteiger partial charge in [0.1, 0.15) is 0 Å². The van der Waals surface area contributed by atoms with Crippen molar-refractivity contribution in [3.8, 4) is 11.1 Å². The van der Waals surface area contributed by atoms with Gasteiger partial charge in [0.05, 0.1) is 25.4 Å². The van der Waals surface area contributed by atoms with E-state index in [4.69, 9.17) is 44.3 Å². The molecule has 0 spiro atoms. The lowest BCUT2D eigenvalue weighted by molar-refractivity contribution is -0.245. The van der Waals surface area contributed by atoms with Crippen LogP contribution >= 0.6 is 46.6 Å². The standard InChI is InChI=1S/C29H30Cl3NO5S/c30-29(31,32)28(36)33-16-20-3-1-4-22(13-20)23-5-2-6-24(14-23)27-37-25(18-39-12-11-34)15-26(38-27)21-9-7-19(17-35)8-10-21/h1-10,13-14,25-27,34-35H,11-12,15-18H2,(H,33,36). The number of carbonyl (C=O) groups excluding carboxylic acids is 1. The van der Waals surface area contributed by atoms with E-state index in [1.165, 1.54) is 0 Å².